The average molecular weight is 322 g/mol. The molecule has 0 unspecified atom stereocenters. The molecule has 23 heavy (non-hydrogen) atoms. The fraction of sp³-hybridized carbons (Fsp3) is 0.700. The molecule has 1 saturated heterocycles. The van der Waals surface area contributed by atoms with Gasteiger partial charge in [-0.1, -0.05) is 33.8 Å². The van der Waals surface area contributed by atoms with Crippen molar-refractivity contribution in [2.24, 2.45) is 5.92 Å². The first-order valence-corrected chi connectivity index (χ1v) is 9.19. The predicted octanol–water partition coefficient (Wildman–Crippen LogP) is 5.13. The first-order valence-electron chi connectivity index (χ1n) is 9.19. The molecule has 2 heterocycles. The maximum absolute atomic E-state index is 5.30. The lowest BCUT2D eigenvalue weighted by Gasteiger charge is -2.18. The van der Waals surface area contributed by atoms with Gasteiger partial charge in [-0.3, -0.25) is 0 Å². The Morgan fingerprint density at radius 1 is 0.957 bits per heavy atom. The average Bonchev–Trinajstić information content (AvgIpc) is 3.20. The number of likely N-dealkylation sites (tertiary alicyclic amines) is 1. The van der Waals surface area contributed by atoms with Gasteiger partial charge in [-0.2, -0.15) is 0 Å². The highest BCUT2D eigenvalue weighted by Crippen LogP contribution is 2.32. The molecule has 0 radical (unpaired) electrons. The Bertz CT molecular complexity index is 437. The van der Waals surface area contributed by atoms with E-state index in [0.717, 1.165) is 24.0 Å². The smallest absolute Gasteiger partial charge is 0.231 e. The molecule has 1 aromatic rings. The van der Waals surface area contributed by atoms with Gasteiger partial charge < -0.3 is 14.4 Å². The summed E-state index contributed by atoms with van der Waals surface area (Å²) in [5.41, 5.74) is 1.32. The van der Waals surface area contributed by atoms with Gasteiger partial charge in [0.05, 0.1) is 0 Å². The Kier molecular flexibility index (Phi) is 9.08. The molecule has 2 aliphatic rings. The second-order valence-electron chi connectivity index (χ2n) is 6.62. The molecule has 0 saturated carbocycles. The van der Waals surface area contributed by atoms with Gasteiger partial charge in [0.15, 0.2) is 11.5 Å². The second-order valence-corrected chi connectivity index (χ2v) is 6.62. The normalized spacial score (nSPS) is 16.0. The van der Waals surface area contributed by atoms with Crippen LogP contribution in [0.2, 0.25) is 0 Å². The van der Waals surface area contributed by atoms with Gasteiger partial charge >= 0.3 is 0 Å². The number of nitrogens with zero attached hydrogens (tertiary/aromatic N) is 1. The van der Waals surface area contributed by atoms with Gasteiger partial charge in [0.2, 0.25) is 6.79 Å². The highest BCUT2D eigenvalue weighted by atomic mass is 16.7. The SMILES string of the molecule is CC.CC(C)Cc1ccc2c(c1)OCO2.CC(C)N1CCCC1. The summed E-state index contributed by atoms with van der Waals surface area (Å²) >= 11 is 0. The zero-order chi connectivity index (χ0) is 17.2. The van der Waals surface area contributed by atoms with E-state index in [9.17, 15) is 0 Å². The fourth-order valence-electron chi connectivity index (χ4n) is 2.80. The van der Waals surface area contributed by atoms with Crippen LogP contribution in [0.1, 0.15) is 59.9 Å². The number of ether oxygens (including phenoxy) is 2. The number of fused-ring (bicyclic) bond motifs is 1. The molecular weight excluding hydrogens is 286 g/mol. The molecular formula is C20H35NO2. The molecule has 3 rings (SSSR count). The molecule has 1 fully saturated rings. The topological polar surface area (TPSA) is 21.7 Å². The fourth-order valence-corrected chi connectivity index (χ4v) is 2.80. The van der Waals surface area contributed by atoms with E-state index in [1.165, 1.54) is 31.5 Å². The summed E-state index contributed by atoms with van der Waals surface area (Å²) in [7, 11) is 0. The Labute approximate surface area is 143 Å². The molecule has 132 valence electrons. The summed E-state index contributed by atoms with van der Waals surface area (Å²) in [5.74, 6) is 2.44. The lowest BCUT2D eigenvalue weighted by atomic mass is 10.0. The molecule has 0 atom stereocenters. The maximum Gasteiger partial charge on any atom is 0.231 e. The molecule has 0 aliphatic carbocycles. The van der Waals surface area contributed by atoms with Crippen LogP contribution in [-0.4, -0.2) is 30.8 Å². The minimum absolute atomic E-state index is 0.362. The molecule has 3 heteroatoms. The van der Waals surface area contributed by atoms with Crippen LogP contribution in [-0.2, 0) is 6.42 Å². The molecule has 0 amide bonds. The summed E-state index contributed by atoms with van der Waals surface area (Å²) in [5, 5.41) is 0. The van der Waals surface area contributed by atoms with Crippen molar-refractivity contribution in [1.29, 1.82) is 0 Å². The first kappa shape index (κ1) is 19.8. The Morgan fingerprint density at radius 3 is 2.09 bits per heavy atom. The first-order chi connectivity index (χ1) is 11.1. The van der Waals surface area contributed by atoms with Gasteiger partial charge in [0.1, 0.15) is 0 Å². The molecule has 3 nitrogen and oxygen atoms in total. The van der Waals surface area contributed by atoms with E-state index in [1.807, 2.05) is 19.9 Å². The third-order valence-electron chi connectivity index (χ3n) is 3.95. The lowest BCUT2D eigenvalue weighted by Crippen LogP contribution is -2.26. The van der Waals surface area contributed by atoms with Crippen LogP contribution in [0.5, 0.6) is 11.5 Å². The Balaban J connectivity index is 0.000000228. The quantitative estimate of drug-likeness (QED) is 0.770. The van der Waals surface area contributed by atoms with Crippen molar-refractivity contribution in [2.75, 3.05) is 19.9 Å². The van der Waals surface area contributed by atoms with E-state index in [4.69, 9.17) is 9.47 Å². The van der Waals surface area contributed by atoms with Crippen molar-refractivity contribution in [1.82, 2.24) is 4.90 Å². The summed E-state index contributed by atoms with van der Waals surface area (Å²) in [6.45, 7) is 16.0. The minimum atomic E-state index is 0.362. The molecule has 0 bridgehead atoms. The Hall–Kier alpha value is -1.22. The van der Waals surface area contributed by atoms with Crippen LogP contribution >= 0.6 is 0 Å². The standard InChI is InChI=1S/C11H14O2.C7H15N.C2H6/c1-8(2)5-9-3-4-10-11(6-9)13-7-12-10;1-7(2)8-5-3-4-6-8;1-2/h3-4,6,8H,5,7H2,1-2H3;7H,3-6H2,1-2H3;1-2H3. The van der Waals surface area contributed by atoms with Crippen molar-refractivity contribution in [3.63, 3.8) is 0 Å². The van der Waals surface area contributed by atoms with E-state index in [2.05, 4.69) is 44.7 Å². The van der Waals surface area contributed by atoms with Crippen molar-refractivity contribution in [3.8, 4) is 11.5 Å². The van der Waals surface area contributed by atoms with Gasteiger partial charge in [0, 0.05) is 6.04 Å². The predicted molar refractivity (Wildman–Crippen MR) is 98.4 cm³/mol. The number of hydrogen-bond acceptors (Lipinski definition) is 3. The zero-order valence-electron chi connectivity index (χ0n) is 15.9. The number of rotatable bonds is 3. The molecule has 1 aromatic carbocycles. The number of hydrogen-bond donors (Lipinski definition) is 0. The van der Waals surface area contributed by atoms with Crippen LogP contribution in [0.25, 0.3) is 0 Å². The highest BCUT2D eigenvalue weighted by molar-refractivity contribution is 5.44. The van der Waals surface area contributed by atoms with Crippen LogP contribution in [0.3, 0.4) is 0 Å². The van der Waals surface area contributed by atoms with Crippen molar-refractivity contribution >= 4 is 0 Å². The van der Waals surface area contributed by atoms with E-state index < -0.39 is 0 Å². The van der Waals surface area contributed by atoms with Crippen LogP contribution in [0, 0.1) is 5.92 Å². The lowest BCUT2D eigenvalue weighted by molar-refractivity contribution is 0.174. The van der Waals surface area contributed by atoms with E-state index in [1.54, 1.807) is 0 Å². The van der Waals surface area contributed by atoms with E-state index in [0.29, 0.717) is 12.7 Å². The maximum atomic E-state index is 5.30. The molecule has 0 spiro atoms. The summed E-state index contributed by atoms with van der Waals surface area (Å²) in [6, 6.07) is 6.94. The summed E-state index contributed by atoms with van der Waals surface area (Å²) < 4.78 is 10.5. The van der Waals surface area contributed by atoms with E-state index in [-0.39, 0.29) is 0 Å². The van der Waals surface area contributed by atoms with E-state index >= 15 is 0 Å². The molecule has 2 aliphatic heterocycles. The third-order valence-corrected chi connectivity index (χ3v) is 3.95. The minimum Gasteiger partial charge on any atom is -0.454 e. The van der Waals surface area contributed by atoms with Crippen LogP contribution in [0.4, 0.5) is 0 Å². The highest BCUT2D eigenvalue weighted by Gasteiger charge is 2.13. The summed E-state index contributed by atoms with van der Waals surface area (Å²) in [6.07, 6.45) is 3.92. The van der Waals surface area contributed by atoms with Crippen LogP contribution in [0.15, 0.2) is 18.2 Å². The van der Waals surface area contributed by atoms with Crippen molar-refractivity contribution < 1.29 is 9.47 Å². The second kappa shape index (κ2) is 10.5. The Morgan fingerprint density at radius 2 is 1.57 bits per heavy atom. The third kappa shape index (κ3) is 6.82. The van der Waals surface area contributed by atoms with Crippen LogP contribution < -0.4 is 9.47 Å². The van der Waals surface area contributed by atoms with Gasteiger partial charge in [0.25, 0.3) is 0 Å². The van der Waals surface area contributed by atoms with Crippen molar-refractivity contribution in [3.05, 3.63) is 23.8 Å². The molecule has 0 N–H and O–H groups in total. The summed E-state index contributed by atoms with van der Waals surface area (Å²) in [4.78, 5) is 2.53. The van der Waals surface area contributed by atoms with Gasteiger partial charge in [-0.25, -0.2) is 0 Å². The largest absolute Gasteiger partial charge is 0.454 e. The van der Waals surface area contributed by atoms with Crippen molar-refractivity contribution in [2.45, 2.75) is 66.8 Å². The number of benzene rings is 1. The van der Waals surface area contributed by atoms with Gasteiger partial charge in [-0.15, -0.1) is 0 Å². The monoisotopic (exact) mass is 321 g/mol. The zero-order valence-corrected chi connectivity index (χ0v) is 15.9. The van der Waals surface area contributed by atoms with Gasteiger partial charge in [-0.05, 0) is 69.8 Å². The molecule has 0 aromatic heterocycles.